The third-order valence-corrected chi connectivity index (χ3v) is 9.24. The highest BCUT2D eigenvalue weighted by Crippen LogP contribution is 2.53. The van der Waals surface area contributed by atoms with E-state index < -0.39 is 83.2 Å². The van der Waals surface area contributed by atoms with Crippen LogP contribution >= 0.6 is 15.4 Å². The molecule has 242 valence electrons. The minimum Gasteiger partial charge on any atom is -0.386 e. The molecular formula is C20H24N10O13P2. The number of H-pyrrole nitrogens is 1. The molecule has 23 nitrogen and oxygen atoms in total. The molecule has 3 saturated heterocycles. The van der Waals surface area contributed by atoms with E-state index in [1.54, 1.807) is 0 Å². The van der Waals surface area contributed by atoms with Crippen LogP contribution in [0.5, 0.6) is 0 Å². The summed E-state index contributed by atoms with van der Waals surface area (Å²) in [5.74, 6) is -0.233. The van der Waals surface area contributed by atoms with Gasteiger partial charge in [0.15, 0.2) is 53.8 Å². The average molecular weight is 674 g/mol. The highest BCUT2D eigenvalue weighted by Gasteiger charge is 2.54. The maximum Gasteiger partial charge on any atom is 0.472 e. The Labute approximate surface area is 248 Å². The van der Waals surface area contributed by atoms with Gasteiger partial charge in [-0.1, -0.05) is 0 Å². The maximum atomic E-state index is 13.2. The molecule has 0 saturated carbocycles. The summed E-state index contributed by atoms with van der Waals surface area (Å²) in [6.07, 6.45) is -10.6. The zero-order valence-corrected chi connectivity index (χ0v) is 24.2. The maximum absolute atomic E-state index is 13.2. The molecule has 10 atom stereocenters. The quantitative estimate of drug-likeness (QED) is 0.109. The lowest BCUT2D eigenvalue weighted by Crippen LogP contribution is -2.38. The van der Waals surface area contributed by atoms with Crippen molar-refractivity contribution in [2.45, 2.75) is 49.3 Å². The van der Waals surface area contributed by atoms with Gasteiger partial charge in [-0.05, 0) is 0 Å². The number of rotatable bonds is 2. The Morgan fingerprint density at radius 3 is 2.38 bits per heavy atom. The molecule has 0 radical (unpaired) electrons. The predicted octanol–water partition coefficient (Wildman–Crippen LogP) is -2.34. The lowest BCUT2D eigenvalue weighted by atomic mass is 10.1. The molecule has 3 fully saturated rings. The molecule has 4 unspecified atom stereocenters. The van der Waals surface area contributed by atoms with Crippen LogP contribution < -0.4 is 17.0 Å². The molecule has 0 aromatic carbocycles. The van der Waals surface area contributed by atoms with Crippen molar-refractivity contribution < 1.29 is 56.9 Å². The summed E-state index contributed by atoms with van der Waals surface area (Å²) in [5.41, 5.74) is 10.8. The number of fused-ring (bicyclic) bond motifs is 4. The number of aliphatic hydroxyl groups is 2. The van der Waals surface area contributed by atoms with Crippen LogP contribution in [-0.2, 0) is 36.9 Å². The first-order valence-electron chi connectivity index (χ1n) is 12.9. The van der Waals surface area contributed by atoms with Gasteiger partial charge in [-0.2, -0.15) is 4.98 Å². The number of hydrogen-bond donors (Lipinski definition) is 7. The van der Waals surface area contributed by atoms with E-state index in [0.29, 0.717) is 0 Å². The molecule has 7 heterocycles. The van der Waals surface area contributed by atoms with Crippen molar-refractivity contribution in [2.24, 2.45) is 0 Å². The van der Waals surface area contributed by atoms with Crippen molar-refractivity contribution in [1.82, 2.24) is 39.0 Å². The van der Waals surface area contributed by atoms with Crippen molar-refractivity contribution in [3.05, 3.63) is 29.3 Å². The molecule has 3 aliphatic rings. The van der Waals surface area contributed by atoms with Gasteiger partial charge in [-0.25, -0.2) is 24.5 Å². The Hall–Kier alpha value is -3.44. The van der Waals surface area contributed by atoms with E-state index in [2.05, 4.69) is 29.9 Å². The Kier molecular flexibility index (Phi) is 7.27. The zero-order valence-electron chi connectivity index (χ0n) is 22.4. The van der Waals surface area contributed by atoms with Crippen molar-refractivity contribution in [3.63, 3.8) is 0 Å². The van der Waals surface area contributed by atoms with Crippen LogP contribution in [0.25, 0.3) is 22.3 Å². The molecule has 0 bridgehead atoms. The second kappa shape index (κ2) is 10.8. The number of aromatic amines is 1. The summed E-state index contributed by atoms with van der Waals surface area (Å²) < 4.78 is 61.2. The topological polar surface area (TPSA) is 330 Å². The molecule has 4 aromatic rings. The van der Waals surface area contributed by atoms with Gasteiger partial charge in [0.1, 0.15) is 36.3 Å². The van der Waals surface area contributed by atoms with Gasteiger partial charge < -0.3 is 45.7 Å². The van der Waals surface area contributed by atoms with E-state index in [0.717, 1.165) is 17.2 Å². The monoisotopic (exact) mass is 674 g/mol. The number of phosphoric ester groups is 1. The average Bonchev–Trinajstić information content (AvgIpc) is 3.72. The number of imidazole rings is 2. The van der Waals surface area contributed by atoms with Crippen molar-refractivity contribution >= 4 is 49.5 Å². The van der Waals surface area contributed by atoms with Gasteiger partial charge in [0.25, 0.3) is 5.56 Å². The standard InChI is InChI=1S/C20H24N10O13P2/c21-13-7-14(24-2-23-13)29(3-25-7)18-10(32)12-19(41-18)38-5-44(34,35)42-11-6(1-39-45(36,37)43-12)40-17(9(11)31)30-4-26-8-15(30)27-20(22)28-16(8)33/h2-4,6,9-12,17-19,31-32H,1,5H2,(H,34,35)(H,36,37)(H2,21,23,24)(H3,22,27,28,33)/t6-,9+,10+,11?,12?,17-,18-,19+/m1/s1. The van der Waals surface area contributed by atoms with Gasteiger partial charge in [0.05, 0.1) is 19.3 Å². The first-order chi connectivity index (χ1) is 21.3. The molecule has 0 spiro atoms. The number of aliphatic hydroxyl groups excluding tert-OH is 2. The normalized spacial score (nSPS) is 37.7. The number of nitrogens with two attached hydrogens (primary N) is 2. The van der Waals surface area contributed by atoms with E-state index >= 15 is 0 Å². The molecule has 4 aromatic heterocycles. The predicted molar refractivity (Wildman–Crippen MR) is 143 cm³/mol. The number of phosphoric acid groups is 1. The van der Waals surface area contributed by atoms with E-state index in [-0.39, 0.29) is 34.1 Å². The minimum atomic E-state index is -5.07. The van der Waals surface area contributed by atoms with Gasteiger partial charge in [0.2, 0.25) is 5.95 Å². The van der Waals surface area contributed by atoms with Crippen LogP contribution in [0.1, 0.15) is 12.5 Å². The molecule has 25 heteroatoms. The second-order valence-corrected chi connectivity index (χ2v) is 13.3. The Balaban J connectivity index is 1.17. The number of anilines is 2. The van der Waals surface area contributed by atoms with Crippen LogP contribution in [0, 0.1) is 0 Å². The van der Waals surface area contributed by atoms with Crippen LogP contribution in [0.4, 0.5) is 11.8 Å². The Bertz CT molecular complexity index is 1940. The third kappa shape index (κ3) is 5.31. The fourth-order valence-corrected chi connectivity index (χ4v) is 7.20. The van der Waals surface area contributed by atoms with Crippen LogP contribution in [0.15, 0.2) is 23.8 Å². The molecule has 7 rings (SSSR count). The molecule has 0 aliphatic carbocycles. The third-order valence-electron chi connectivity index (χ3n) is 7.21. The number of aromatic nitrogens is 8. The van der Waals surface area contributed by atoms with Gasteiger partial charge in [-0.15, -0.1) is 0 Å². The highest BCUT2D eigenvalue weighted by atomic mass is 31.2. The minimum absolute atomic E-state index is 0.0318. The number of ether oxygens (including phenoxy) is 3. The second-order valence-electron chi connectivity index (χ2n) is 10.1. The highest BCUT2D eigenvalue weighted by molar-refractivity contribution is 7.52. The summed E-state index contributed by atoms with van der Waals surface area (Å²) in [4.78, 5) is 55.7. The lowest BCUT2D eigenvalue weighted by Gasteiger charge is -2.28. The first kappa shape index (κ1) is 30.2. The van der Waals surface area contributed by atoms with Crippen LogP contribution in [0.3, 0.4) is 0 Å². The summed E-state index contributed by atoms with van der Waals surface area (Å²) in [6.45, 7) is -0.824. The summed E-state index contributed by atoms with van der Waals surface area (Å²) in [5, 5.41) is 22.2. The van der Waals surface area contributed by atoms with E-state index in [9.17, 15) is 33.9 Å². The zero-order chi connectivity index (χ0) is 31.8. The molecular weight excluding hydrogens is 650 g/mol. The number of nitrogens with zero attached hydrogens (tertiary/aromatic N) is 7. The van der Waals surface area contributed by atoms with Crippen molar-refractivity contribution in [3.8, 4) is 0 Å². The fourth-order valence-electron chi connectivity index (χ4n) is 5.23. The van der Waals surface area contributed by atoms with Crippen LogP contribution in [0.2, 0.25) is 0 Å². The first-order valence-corrected chi connectivity index (χ1v) is 16.2. The Morgan fingerprint density at radius 2 is 1.60 bits per heavy atom. The summed E-state index contributed by atoms with van der Waals surface area (Å²) in [7, 11) is -9.85. The smallest absolute Gasteiger partial charge is 0.386 e. The van der Waals surface area contributed by atoms with Crippen LogP contribution in [-0.4, -0.2) is 109 Å². The largest absolute Gasteiger partial charge is 0.472 e. The fraction of sp³-hybridized carbons (Fsp3) is 0.500. The van der Waals surface area contributed by atoms with Crippen molar-refractivity contribution in [1.29, 1.82) is 0 Å². The van der Waals surface area contributed by atoms with Gasteiger partial charge in [0, 0.05) is 0 Å². The number of hydrogen-bond acceptors (Lipinski definition) is 18. The Morgan fingerprint density at radius 1 is 0.911 bits per heavy atom. The SMILES string of the molecule is Nc1nc2c(ncn2[C@@H]2O[C@@H]3COP(=O)(O)OC4[C@@H](OCP(=O)(O)OC3[C@@H]2O)O[C@@H](n2cnc3c(N)ncnc32)[C@H]4O)c(=O)[nH]1. The van der Waals surface area contributed by atoms with E-state index in [1.807, 2.05) is 0 Å². The molecule has 45 heavy (non-hydrogen) atoms. The van der Waals surface area contributed by atoms with E-state index in [1.165, 1.54) is 10.9 Å². The van der Waals surface area contributed by atoms with E-state index in [4.69, 9.17) is 39.2 Å². The lowest BCUT2D eigenvalue weighted by molar-refractivity contribution is -0.168. The van der Waals surface area contributed by atoms with Gasteiger partial charge >= 0.3 is 15.4 Å². The number of nitrogen functional groups attached to an aromatic ring is 2. The summed E-state index contributed by atoms with van der Waals surface area (Å²) >= 11 is 0. The molecule has 3 aliphatic heterocycles. The van der Waals surface area contributed by atoms with Gasteiger partial charge in [-0.3, -0.25) is 37.0 Å². The summed E-state index contributed by atoms with van der Waals surface area (Å²) in [6, 6.07) is 0. The molecule has 0 amide bonds. The molecule has 9 N–H and O–H groups in total. The van der Waals surface area contributed by atoms with Crippen molar-refractivity contribution in [2.75, 3.05) is 24.4 Å². The number of nitrogens with one attached hydrogen (secondary N) is 1.